The van der Waals surface area contributed by atoms with Gasteiger partial charge in [-0.25, -0.2) is 0 Å². The highest BCUT2D eigenvalue weighted by molar-refractivity contribution is 6.36. The molecule has 1 aromatic rings. The van der Waals surface area contributed by atoms with Crippen LogP contribution in [0.1, 0.15) is 12.0 Å². The third-order valence-corrected chi connectivity index (χ3v) is 6.34. The molecule has 1 aliphatic carbocycles. The molecule has 1 fully saturated rings. The monoisotopic (exact) mass is 477 g/mol. The van der Waals surface area contributed by atoms with E-state index in [1.807, 2.05) is 49.3 Å². The van der Waals surface area contributed by atoms with E-state index < -0.39 is 5.92 Å². The van der Waals surface area contributed by atoms with Crippen molar-refractivity contribution in [2.75, 3.05) is 53.9 Å². The normalized spacial score (nSPS) is 19.6. The quantitative estimate of drug-likeness (QED) is 0.587. The highest BCUT2D eigenvalue weighted by atomic mass is 35.5. The first kappa shape index (κ1) is 24.4. The summed E-state index contributed by atoms with van der Waals surface area (Å²) in [4.78, 5) is 31.3. The number of amides is 2. The number of ether oxygens (including phenoxy) is 1. The predicted octanol–water partition coefficient (Wildman–Crippen LogP) is 3.63. The van der Waals surface area contributed by atoms with Crippen molar-refractivity contribution < 1.29 is 14.3 Å². The SMILES string of the molecule is COC1=CC(Cl)=C(c2ccccc2Cl)CC1C(=O)N1CCN(C(=O)/C=C/CN(C)C)CC1. The van der Waals surface area contributed by atoms with Gasteiger partial charge in [0.1, 0.15) is 5.76 Å². The first-order valence-corrected chi connectivity index (χ1v) is 11.4. The molecule has 1 aliphatic heterocycles. The van der Waals surface area contributed by atoms with Gasteiger partial charge in [-0.15, -0.1) is 0 Å². The number of methoxy groups -OCH3 is 1. The maximum absolute atomic E-state index is 13.4. The molecule has 0 aromatic heterocycles. The van der Waals surface area contributed by atoms with E-state index in [4.69, 9.17) is 27.9 Å². The number of halogens is 2. The molecule has 1 unspecified atom stereocenters. The molecule has 1 saturated heterocycles. The van der Waals surface area contributed by atoms with E-state index in [-0.39, 0.29) is 11.8 Å². The first-order chi connectivity index (χ1) is 15.3. The summed E-state index contributed by atoms with van der Waals surface area (Å²) in [6, 6.07) is 7.47. The van der Waals surface area contributed by atoms with E-state index in [2.05, 4.69) is 0 Å². The Bertz CT molecular complexity index is 948. The Balaban J connectivity index is 1.68. The molecule has 8 heteroatoms. The van der Waals surface area contributed by atoms with Crippen LogP contribution in [0.5, 0.6) is 0 Å². The van der Waals surface area contributed by atoms with Gasteiger partial charge in [-0.2, -0.15) is 0 Å². The van der Waals surface area contributed by atoms with Crippen LogP contribution in [0.4, 0.5) is 0 Å². The highest BCUT2D eigenvalue weighted by Gasteiger charge is 2.35. The molecule has 2 amide bonds. The van der Waals surface area contributed by atoms with Crippen LogP contribution < -0.4 is 0 Å². The zero-order valence-corrected chi connectivity index (χ0v) is 20.2. The fourth-order valence-corrected chi connectivity index (χ4v) is 4.44. The van der Waals surface area contributed by atoms with Crippen LogP contribution in [0.15, 0.2) is 53.3 Å². The number of carbonyl (C=O) groups is 2. The Hall–Kier alpha value is -2.28. The lowest BCUT2D eigenvalue weighted by molar-refractivity contribution is -0.140. The molecule has 0 spiro atoms. The largest absolute Gasteiger partial charge is 0.500 e. The number of piperazine rings is 1. The van der Waals surface area contributed by atoms with Crippen molar-refractivity contribution in [1.29, 1.82) is 0 Å². The second-order valence-corrected chi connectivity index (χ2v) is 8.94. The van der Waals surface area contributed by atoms with Crippen molar-refractivity contribution in [2.24, 2.45) is 5.92 Å². The van der Waals surface area contributed by atoms with Crippen LogP contribution in [-0.4, -0.2) is 80.4 Å². The zero-order valence-electron chi connectivity index (χ0n) is 18.7. The lowest BCUT2D eigenvalue weighted by Gasteiger charge is -2.37. The molecule has 2 aliphatic rings. The topological polar surface area (TPSA) is 53.1 Å². The third-order valence-electron chi connectivity index (χ3n) is 5.68. The fraction of sp³-hybridized carbons (Fsp3) is 0.417. The second kappa shape index (κ2) is 11.0. The molecular weight excluding hydrogens is 449 g/mol. The number of allylic oxidation sites excluding steroid dienone is 3. The maximum atomic E-state index is 13.4. The van der Waals surface area contributed by atoms with Crippen molar-refractivity contribution in [3.8, 4) is 0 Å². The summed E-state index contributed by atoms with van der Waals surface area (Å²) in [5.74, 6) is 0.0174. The Morgan fingerprint density at radius 2 is 1.78 bits per heavy atom. The second-order valence-electron chi connectivity index (χ2n) is 8.13. The van der Waals surface area contributed by atoms with E-state index in [9.17, 15) is 9.59 Å². The Morgan fingerprint density at radius 1 is 1.12 bits per heavy atom. The van der Waals surface area contributed by atoms with Crippen molar-refractivity contribution in [1.82, 2.24) is 14.7 Å². The number of likely N-dealkylation sites (N-methyl/N-ethyl adjacent to an activating group) is 1. The van der Waals surface area contributed by atoms with Crippen LogP contribution in [0.25, 0.3) is 5.57 Å². The summed E-state index contributed by atoms with van der Waals surface area (Å²) in [7, 11) is 5.45. The van der Waals surface area contributed by atoms with Gasteiger partial charge in [-0.1, -0.05) is 47.5 Å². The van der Waals surface area contributed by atoms with E-state index in [1.54, 1.807) is 29.1 Å². The summed E-state index contributed by atoms with van der Waals surface area (Å²) in [6.07, 6.45) is 5.58. The van der Waals surface area contributed by atoms with Crippen molar-refractivity contribution in [2.45, 2.75) is 6.42 Å². The summed E-state index contributed by atoms with van der Waals surface area (Å²) in [5, 5.41) is 1.12. The van der Waals surface area contributed by atoms with Gasteiger partial charge in [-0.05, 0) is 43.8 Å². The number of benzene rings is 1. The Morgan fingerprint density at radius 3 is 2.41 bits per heavy atom. The lowest BCUT2D eigenvalue weighted by atomic mass is 9.87. The molecule has 1 atom stereocenters. The number of nitrogens with zero attached hydrogens (tertiary/aromatic N) is 3. The minimum absolute atomic E-state index is 0.0233. The number of carbonyl (C=O) groups excluding carboxylic acids is 2. The summed E-state index contributed by atoms with van der Waals surface area (Å²) >= 11 is 12.9. The van der Waals surface area contributed by atoms with Gasteiger partial charge in [0.25, 0.3) is 0 Å². The van der Waals surface area contributed by atoms with Crippen LogP contribution in [-0.2, 0) is 14.3 Å². The fourth-order valence-electron chi connectivity index (χ4n) is 3.91. The van der Waals surface area contributed by atoms with Gasteiger partial charge in [0.2, 0.25) is 11.8 Å². The number of hydrogen-bond donors (Lipinski definition) is 0. The van der Waals surface area contributed by atoms with Gasteiger partial charge in [0, 0.05) is 48.9 Å². The van der Waals surface area contributed by atoms with Gasteiger partial charge < -0.3 is 19.4 Å². The van der Waals surface area contributed by atoms with Crippen molar-refractivity contribution in [3.05, 3.63) is 63.9 Å². The smallest absolute Gasteiger partial charge is 0.246 e. The molecule has 172 valence electrons. The van der Waals surface area contributed by atoms with Crippen LogP contribution in [0.2, 0.25) is 5.02 Å². The molecule has 0 saturated carbocycles. The standard InChI is InChI=1S/C24H29Cl2N3O3/c1-27(2)10-6-9-23(30)28-11-13-29(14-12-28)24(31)19-15-18(21(26)16-22(19)32-3)17-7-4-5-8-20(17)25/h4-9,16,19H,10-15H2,1-3H3/b9-6+. The molecule has 1 aromatic carbocycles. The minimum atomic E-state index is -0.476. The van der Waals surface area contributed by atoms with E-state index in [0.717, 1.165) is 11.1 Å². The number of rotatable bonds is 6. The molecule has 0 bridgehead atoms. The van der Waals surface area contributed by atoms with Gasteiger partial charge >= 0.3 is 0 Å². The lowest BCUT2D eigenvalue weighted by Crippen LogP contribution is -2.52. The van der Waals surface area contributed by atoms with Gasteiger partial charge in [0.15, 0.2) is 0 Å². The summed E-state index contributed by atoms with van der Waals surface area (Å²) in [6.45, 7) is 2.69. The van der Waals surface area contributed by atoms with Crippen LogP contribution in [0, 0.1) is 5.92 Å². The Labute approximate surface area is 199 Å². The third kappa shape index (κ3) is 5.74. The number of hydrogen-bond acceptors (Lipinski definition) is 4. The van der Waals surface area contributed by atoms with Gasteiger partial charge in [-0.3, -0.25) is 9.59 Å². The Kier molecular flexibility index (Phi) is 8.40. The molecular formula is C24H29Cl2N3O3. The molecule has 6 nitrogen and oxygen atoms in total. The highest BCUT2D eigenvalue weighted by Crippen LogP contribution is 2.40. The summed E-state index contributed by atoms with van der Waals surface area (Å²) in [5.41, 5.74) is 1.65. The average molecular weight is 478 g/mol. The van der Waals surface area contributed by atoms with Crippen molar-refractivity contribution in [3.63, 3.8) is 0 Å². The van der Waals surface area contributed by atoms with E-state index in [1.165, 1.54) is 0 Å². The average Bonchev–Trinajstić information content (AvgIpc) is 2.78. The molecule has 3 rings (SSSR count). The zero-order chi connectivity index (χ0) is 23.3. The van der Waals surface area contributed by atoms with E-state index >= 15 is 0 Å². The minimum Gasteiger partial charge on any atom is -0.500 e. The maximum Gasteiger partial charge on any atom is 0.246 e. The summed E-state index contributed by atoms with van der Waals surface area (Å²) < 4.78 is 5.51. The first-order valence-electron chi connectivity index (χ1n) is 10.6. The van der Waals surface area contributed by atoms with Crippen molar-refractivity contribution >= 4 is 40.6 Å². The van der Waals surface area contributed by atoms with Crippen LogP contribution >= 0.6 is 23.2 Å². The van der Waals surface area contributed by atoms with E-state index in [0.29, 0.717) is 55.0 Å². The molecule has 32 heavy (non-hydrogen) atoms. The van der Waals surface area contributed by atoms with Crippen LogP contribution in [0.3, 0.4) is 0 Å². The molecule has 0 radical (unpaired) electrons. The van der Waals surface area contributed by atoms with Gasteiger partial charge in [0.05, 0.1) is 13.0 Å². The predicted molar refractivity (Wildman–Crippen MR) is 128 cm³/mol. The molecule has 0 N–H and O–H groups in total. The molecule has 1 heterocycles.